The van der Waals surface area contributed by atoms with Gasteiger partial charge in [0.05, 0.1) is 0 Å². The Hall–Kier alpha value is -2.11. The molecule has 0 aliphatic carbocycles. The van der Waals surface area contributed by atoms with Crippen molar-refractivity contribution in [2.24, 2.45) is 0 Å². The summed E-state index contributed by atoms with van der Waals surface area (Å²) in [6.45, 7) is 6.58. The molecule has 0 aromatic rings. The maximum Gasteiger partial charge on any atom is 0.306 e. The summed E-state index contributed by atoms with van der Waals surface area (Å²) in [7, 11) is 0. The summed E-state index contributed by atoms with van der Waals surface area (Å²) in [5.74, 6) is -0.880. The second kappa shape index (κ2) is 55.5. The van der Waals surface area contributed by atoms with Crippen LogP contribution < -0.4 is 0 Å². The molecule has 0 spiro atoms. The first kappa shape index (κ1) is 63.9. The van der Waals surface area contributed by atoms with Crippen molar-refractivity contribution >= 4 is 17.9 Å². The lowest BCUT2D eigenvalue weighted by molar-refractivity contribution is -0.167. The van der Waals surface area contributed by atoms with Crippen molar-refractivity contribution in [2.45, 2.75) is 329 Å². The minimum absolute atomic E-state index is 0.0729. The van der Waals surface area contributed by atoms with Gasteiger partial charge in [0.1, 0.15) is 13.2 Å². The standard InChI is InChI=1S/C60H112O6/c1-4-7-10-13-16-18-20-22-24-25-26-27-28-29-30-31-32-33-34-35-37-38-40-42-44-47-50-53-59(62)65-56-57(55-64-58(61)52-49-46-15-12-9-6-3)66-60(63)54-51-48-45-43-41-39-36-23-21-19-17-14-11-8-5-2/h17,19,23,36,57H,4-16,18,20-22,24-35,37-56H2,1-3H3/b19-17-,36-23-. The van der Waals surface area contributed by atoms with E-state index >= 15 is 0 Å². The van der Waals surface area contributed by atoms with Crippen molar-refractivity contribution in [3.8, 4) is 0 Å². The molecule has 1 atom stereocenters. The minimum atomic E-state index is -0.772. The molecular weight excluding hydrogens is 817 g/mol. The molecule has 0 aromatic carbocycles. The summed E-state index contributed by atoms with van der Waals surface area (Å²) in [5.41, 5.74) is 0. The van der Waals surface area contributed by atoms with E-state index in [1.165, 1.54) is 205 Å². The van der Waals surface area contributed by atoms with Gasteiger partial charge in [-0.05, 0) is 51.4 Å². The van der Waals surface area contributed by atoms with Crippen LogP contribution in [0.2, 0.25) is 0 Å². The Morgan fingerprint density at radius 2 is 0.545 bits per heavy atom. The Kier molecular flexibility index (Phi) is 53.7. The molecule has 0 aliphatic rings. The van der Waals surface area contributed by atoms with Crippen LogP contribution in [-0.2, 0) is 28.6 Å². The number of ether oxygens (including phenoxy) is 3. The summed E-state index contributed by atoms with van der Waals surface area (Å²) in [6.07, 6.45) is 65.1. The van der Waals surface area contributed by atoms with Crippen LogP contribution in [0.3, 0.4) is 0 Å². The van der Waals surface area contributed by atoms with Gasteiger partial charge in [0, 0.05) is 19.3 Å². The van der Waals surface area contributed by atoms with E-state index in [9.17, 15) is 14.4 Å². The first-order chi connectivity index (χ1) is 32.5. The van der Waals surface area contributed by atoms with E-state index in [1.807, 2.05) is 0 Å². The van der Waals surface area contributed by atoms with Gasteiger partial charge in [0.15, 0.2) is 6.10 Å². The van der Waals surface area contributed by atoms with Gasteiger partial charge in [-0.3, -0.25) is 14.4 Å². The molecule has 0 aromatic heterocycles. The highest BCUT2D eigenvalue weighted by Gasteiger charge is 2.19. The number of esters is 3. The van der Waals surface area contributed by atoms with Gasteiger partial charge in [-0.2, -0.15) is 0 Å². The van der Waals surface area contributed by atoms with E-state index in [-0.39, 0.29) is 31.1 Å². The van der Waals surface area contributed by atoms with Crippen LogP contribution in [-0.4, -0.2) is 37.2 Å². The van der Waals surface area contributed by atoms with Gasteiger partial charge in [-0.25, -0.2) is 0 Å². The molecular formula is C60H112O6. The summed E-state index contributed by atoms with van der Waals surface area (Å²) in [5, 5.41) is 0. The van der Waals surface area contributed by atoms with Crippen molar-refractivity contribution in [1.29, 1.82) is 0 Å². The molecule has 0 radical (unpaired) electrons. The Morgan fingerprint density at radius 3 is 0.864 bits per heavy atom. The van der Waals surface area contributed by atoms with Gasteiger partial charge >= 0.3 is 17.9 Å². The lowest BCUT2D eigenvalue weighted by atomic mass is 10.0. The molecule has 6 nitrogen and oxygen atoms in total. The quantitative estimate of drug-likeness (QED) is 0.0262. The fourth-order valence-electron chi connectivity index (χ4n) is 8.77. The largest absolute Gasteiger partial charge is 0.462 e. The van der Waals surface area contributed by atoms with Gasteiger partial charge in [0.25, 0.3) is 0 Å². The normalized spacial score (nSPS) is 12.1. The van der Waals surface area contributed by atoms with Crippen LogP contribution in [0.25, 0.3) is 0 Å². The molecule has 0 bridgehead atoms. The number of rotatable bonds is 54. The zero-order valence-corrected chi connectivity index (χ0v) is 44.5. The number of hydrogen-bond acceptors (Lipinski definition) is 6. The molecule has 0 heterocycles. The second-order valence-corrected chi connectivity index (χ2v) is 19.9. The highest BCUT2D eigenvalue weighted by atomic mass is 16.6. The number of unbranched alkanes of at least 4 members (excludes halogenated alkanes) is 39. The summed E-state index contributed by atoms with van der Waals surface area (Å²) < 4.78 is 16.7. The fraction of sp³-hybridized carbons (Fsp3) is 0.883. The van der Waals surface area contributed by atoms with Crippen LogP contribution in [0.1, 0.15) is 323 Å². The molecule has 1 unspecified atom stereocenters. The number of allylic oxidation sites excluding steroid dienone is 4. The molecule has 0 amide bonds. The molecule has 66 heavy (non-hydrogen) atoms. The zero-order valence-electron chi connectivity index (χ0n) is 44.5. The minimum Gasteiger partial charge on any atom is -0.462 e. The predicted octanol–water partition coefficient (Wildman–Crippen LogP) is 19.5. The number of carbonyl (C=O) groups is 3. The van der Waals surface area contributed by atoms with Crippen LogP contribution in [0, 0.1) is 0 Å². The van der Waals surface area contributed by atoms with Gasteiger partial charge in [-0.1, -0.05) is 276 Å². The lowest BCUT2D eigenvalue weighted by Gasteiger charge is -2.18. The maximum atomic E-state index is 12.8. The average molecular weight is 930 g/mol. The van der Waals surface area contributed by atoms with Crippen molar-refractivity contribution in [3.63, 3.8) is 0 Å². The highest BCUT2D eigenvalue weighted by molar-refractivity contribution is 5.71. The van der Waals surface area contributed by atoms with E-state index < -0.39 is 6.10 Å². The number of hydrogen-bond donors (Lipinski definition) is 0. The van der Waals surface area contributed by atoms with E-state index in [1.54, 1.807) is 0 Å². The molecule has 0 aliphatic heterocycles. The first-order valence-electron chi connectivity index (χ1n) is 29.3. The van der Waals surface area contributed by atoms with Crippen LogP contribution in [0.4, 0.5) is 0 Å². The number of carbonyl (C=O) groups excluding carboxylic acids is 3. The summed E-state index contributed by atoms with van der Waals surface area (Å²) in [4.78, 5) is 37.8. The van der Waals surface area contributed by atoms with Crippen LogP contribution in [0.15, 0.2) is 24.3 Å². The SMILES string of the molecule is CCCCC/C=C\C/C=C\CCCCCCCC(=O)OC(COC(=O)CCCCCCCC)COC(=O)CCCCCCCCCCCCCCCCCCCCCCCCCCCCC. The fourth-order valence-corrected chi connectivity index (χ4v) is 8.77. The van der Waals surface area contributed by atoms with Crippen molar-refractivity contribution in [1.82, 2.24) is 0 Å². The zero-order chi connectivity index (χ0) is 47.9. The highest BCUT2D eigenvalue weighted by Crippen LogP contribution is 2.17. The van der Waals surface area contributed by atoms with Crippen LogP contribution >= 0.6 is 0 Å². The topological polar surface area (TPSA) is 78.9 Å². The molecule has 0 fully saturated rings. The second-order valence-electron chi connectivity index (χ2n) is 19.9. The van der Waals surface area contributed by atoms with Gasteiger partial charge < -0.3 is 14.2 Å². The molecule has 6 heteroatoms. The predicted molar refractivity (Wildman–Crippen MR) is 284 cm³/mol. The Labute approximate surface area is 411 Å². The average Bonchev–Trinajstić information content (AvgIpc) is 3.31. The van der Waals surface area contributed by atoms with E-state index in [0.717, 1.165) is 77.0 Å². The smallest absolute Gasteiger partial charge is 0.306 e. The van der Waals surface area contributed by atoms with E-state index in [0.29, 0.717) is 19.3 Å². The monoisotopic (exact) mass is 929 g/mol. The Bertz CT molecular complexity index is 1070. The lowest BCUT2D eigenvalue weighted by Crippen LogP contribution is -2.30. The third-order valence-corrected chi connectivity index (χ3v) is 13.2. The van der Waals surface area contributed by atoms with E-state index in [4.69, 9.17) is 14.2 Å². The first-order valence-corrected chi connectivity index (χ1v) is 29.3. The van der Waals surface area contributed by atoms with Gasteiger partial charge in [-0.15, -0.1) is 0 Å². The third-order valence-electron chi connectivity index (χ3n) is 13.2. The van der Waals surface area contributed by atoms with Crippen molar-refractivity contribution < 1.29 is 28.6 Å². The maximum absolute atomic E-state index is 12.8. The molecule has 0 saturated carbocycles. The third kappa shape index (κ3) is 52.9. The molecule has 0 rings (SSSR count). The van der Waals surface area contributed by atoms with E-state index in [2.05, 4.69) is 45.1 Å². The summed E-state index contributed by atoms with van der Waals surface area (Å²) in [6, 6.07) is 0. The molecule has 0 saturated heterocycles. The van der Waals surface area contributed by atoms with Crippen LogP contribution in [0.5, 0.6) is 0 Å². The summed E-state index contributed by atoms with van der Waals surface area (Å²) >= 11 is 0. The van der Waals surface area contributed by atoms with Crippen molar-refractivity contribution in [3.05, 3.63) is 24.3 Å². The van der Waals surface area contributed by atoms with Gasteiger partial charge in [0.2, 0.25) is 0 Å². The Morgan fingerprint density at radius 1 is 0.303 bits per heavy atom. The molecule has 388 valence electrons. The van der Waals surface area contributed by atoms with Crippen molar-refractivity contribution in [2.75, 3.05) is 13.2 Å². The molecule has 0 N–H and O–H groups in total. The Balaban J connectivity index is 4.01.